The van der Waals surface area contributed by atoms with Crippen LogP contribution in [0.4, 0.5) is 4.39 Å². The van der Waals surface area contributed by atoms with Crippen LogP contribution >= 0.6 is 0 Å². The largest absolute Gasteiger partial charge is 0.309 e. The van der Waals surface area contributed by atoms with Gasteiger partial charge < -0.3 is 5.32 Å². The average Bonchev–Trinajstić information content (AvgIpc) is 2.48. The number of rotatable bonds is 3. The van der Waals surface area contributed by atoms with E-state index in [1.807, 2.05) is 37.4 Å². The van der Waals surface area contributed by atoms with Crippen LogP contribution in [-0.4, -0.2) is 12.0 Å². The zero-order valence-electron chi connectivity index (χ0n) is 11.2. The summed E-state index contributed by atoms with van der Waals surface area (Å²) in [7, 11) is 1.88. The van der Waals surface area contributed by atoms with E-state index in [-0.39, 0.29) is 11.9 Å². The van der Waals surface area contributed by atoms with Crippen molar-refractivity contribution in [3.8, 4) is 0 Å². The molecule has 0 spiro atoms. The van der Waals surface area contributed by atoms with Crippen LogP contribution in [0.3, 0.4) is 0 Å². The van der Waals surface area contributed by atoms with Crippen molar-refractivity contribution < 1.29 is 4.39 Å². The second kappa shape index (κ2) is 5.39. The van der Waals surface area contributed by atoms with Gasteiger partial charge in [0.05, 0.1) is 11.6 Å². The SMILES string of the molecule is CNC(c1cccc(F)c1)c1cccc2ncccc12. The molecule has 3 heteroatoms. The second-order valence-electron chi connectivity index (χ2n) is 4.69. The van der Waals surface area contributed by atoms with Gasteiger partial charge in [-0.2, -0.15) is 0 Å². The smallest absolute Gasteiger partial charge is 0.123 e. The molecule has 0 amide bonds. The highest BCUT2D eigenvalue weighted by Gasteiger charge is 2.15. The zero-order valence-corrected chi connectivity index (χ0v) is 11.2. The normalized spacial score (nSPS) is 12.5. The number of aromatic nitrogens is 1. The third-order valence-corrected chi connectivity index (χ3v) is 3.46. The summed E-state index contributed by atoms with van der Waals surface area (Å²) in [6.45, 7) is 0. The van der Waals surface area contributed by atoms with E-state index in [1.54, 1.807) is 18.3 Å². The van der Waals surface area contributed by atoms with Crippen molar-refractivity contribution in [1.29, 1.82) is 0 Å². The van der Waals surface area contributed by atoms with Crippen LogP contribution in [0.5, 0.6) is 0 Å². The van der Waals surface area contributed by atoms with Gasteiger partial charge in [0.2, 0.25) is 0 Å². The Bertz CT molecular complexity index is 734. The molecule has 1 N–H and O–H groups in total. The highest BCUT2D eigenvalue weighted by molar-refractivity contribution is 5.82. The third kappa shape index (κ3) is 2.28. The molecule has 2 nitrogen and oxygen atoms in total. The lowest BCUT2D eigenvalue weighted by Gasteiger charge is -2.19. The highest BCUT2D eigenvalue weighted by atomic mass is 19.1. The van der Waals surface area contributed by atoms with Gasteiger partial charge in [-0.1, -0.05) is 30.3 Å². The maximum atomic E-state index is 13.5. The maximum Gasteiger partial charge on any atom is 0.123 e. The van der Waals surface area contributed by atoms with Crippen molar-refractivity contribution >= 4 is 10.9 Å². The number of benzene rings is 2. The van der Waals surface area contributed by atoms with Crippen LogP contribution in [0.1, 0.15) is 17.2 Å². The summed E-state index contributed by atoms with van der Waals surface area (Å²) in [4.78, 5) is 4.37. The Kier molecular flexibility index (Phi) is 3.44. The fraction of sp³-hybridized carbons (Fsp3) is 0.118. The summed E-state index contributed by atoms with van der Waals surface area (Å²) in [6, 6.07) is 16.6. The molecule has 1 heterocycles. The molecule has 3 rings (SSSR count). The molecule has 100 valence electrons. The lowest BCUT2D eigenvalue weighted by Crippen LogP contribution is -2.18. The van der Waals surface area contributed by atoms with Crippen molar-refractivity contribution in [1.82, 2.24) is 10.3 Å². The predicted molar refractivity (Wildman–Crippen MR) is 79.0 cm³/mol. The van der Waals surface area contributed by atoms with Gasteiger partial charge in [0, 0.05) is 11.6 Å². The monoisotopic (exact) mass is 266 g/mol. The van der Waals surface area contributed by atoms with Gasteiger partial charge in [0.15, 0.2) is 0 Å². The maximum absolute atomic E-state index is 13.5. The van der Waals surface area contributed by atoms with E-state index in [0.29, 0.717) is 0 Å². The summed E-state index contributed by atoms with van der Waals surface area (Å²) < 4.78 is 13.5. The molecule has 0 aliphatic rings. The van der Waals surface area contributed by atoms with E-state index in [2.05, 4.69) is 16.4 Å². The summed E-state index contributed by atoms with van der Waals surface area (Å²) in [5.74, 6) is -0.221. The number of halogens is 1. The molecule has 0 radical (unpaired) electrons. The Labute approximate surface area is 117 Å². The number of nitrogens with zero attached hydrogens (tertiary/aromatic N) is 1. The van der Waals surface area contributed by atoms with Gasteiger partial charge in [-0.05, 0) is 42.4 Å². The van der Waals surface area contributed by atoms with E-state index in [1.165, 1.54) is 6.07 Å². The number of pyridine rings is 1. The molecule has 0 fully saturated rings. The third-order valence-electron chi connectivity index (χ3n) is 3.46. The molecule has 2 aromatic carbocycles. The molecular formula is C17H15FN2. The van der Waals surface area contributed by atoms with Crippen LogP contribution in [-0.2, 0) is 0 Å². The first-order chi connectivity index (χ1) is 9.79. The molecule has 20 heavy (non-hydrogen) atoms. The van der Waals surface area contributed by atoms with Crippen LogP contribution in [0.2, 0.25) is 0 Å². The van der Waals surface area contributed by atoms with E-state index in [4.69, 9.17) is 0 Å². The quantitative estimate of drug-likeness (QED) is 0.782. The van der Waals surface area contributed by atoms with E-state index in [0.717, 1.165) is 22.0 Å². The molecule has 0 aliphatic carbocycles. The van der Waals surface area contributed by atoms with E-state index >= 15 is 0 Å². The molecule has 0 aliphatic heterocycles. The molecular weight excluding hydrogens is 251 g/mol. The minimum Gasteiger partial charge on any atom is -0.309 e. The number of hydrogen-bond acceptors (Lipinski definition) is 2. The van der Waals surface area contributed by atoms with Gasteiger partial charge in [-0.15, -0.1) is 0 Å². The van der Waals surface area contributed by atoms with Gasteiger partial charge in [-0.3, -0.25) is 4.98 Å². The number of nitrogens with one attached hydrogen (secondary N) is 1. The minimum atomic E-state index is -0.221. The minimum absolute atomic E-state index is 0.0569. The first-order valence-electron chi connectivity index (χ1n) is 6.56. The number of fused-ring (bicyclic) bond motifs is 1. The molecule has 0 saturated carbocycles. The predicted octanol–water partition coefficient (Wildman–Crippen LogP) is 3.68. The molecule has 1 atom stereocenters. The van der Waals surface area contributed by atoms with E-state index < -0.39 is 0 Å². The molecule has 1 aromatic heterocycles. The van der Waals surface area contributed by atoms with Crippen LogP contribution in [0.25, 0.3) is 10.9 Å². The van der Waals surface area contributed by atoms with Gasteiger partial charge in [0.25, 0.3) is 0 Å². The molecule has 0 bridgehead atoms. The summed E-state index contributed by atoms with van der Waals surface area (Å²) in [5, 5.41) is 4.34. The fourth-order valence-corrected chi connectivity index (χ4v) is 2.57. The summed E-state index contributed by atoms with van der Waals surface area (Å²) in [5.41, 5.74) is 2.95. The van der Waals surface area contributed by atoms with Crippen LogP contribution in [0, 0.1) is 5.82 Å². The Morgan fingerprint density at radius 3 is 2.70 bits per heavy atom. The fourth-order valence-electron chi connectivity index (χ4n) is 2.57. The van der Waals surface area contributed by atoms with Crippen molar-refractivity contribution in [2.24, 2.45) is 0 Å². The van der Waals surface area contributed by atoms with Gasteiger partial charge in [0.1, 0.15) is 5.82 Å². The Balaban J connectivity index is 2.17. The summed E-state index contributed by atoms with van der Waals surface area (Å²) in [6.07, 6.45) is 1.78. The molecule has 0 saturated heterocycles. The second-order valence-corrected chi connectivity index (χ2v) is 4.69. The lowest BCUT2D eigenvalue weighted by molar-refractivity contribution is 0.617. The topological polar surface area (TPSA) is 24.9 Å². The Morgan fingerprint density at radius 2 is 1.90 bits per heavy atom. The molecule has 1 unspecified atom stereocenters. The van der Waals surface area contributed by atoms with Crippen molar-refractivity contribution in [3.63, 3.8) is 0 Å². The van der Waals surface area contributed by atoms with Crippen molar-refractivity contribution in [2.75, 3.05) is 7.05 Å². The van der Waals surface area contributed by atoms with Crippen molar-refractivity contribution in [3.05, 3.63) is 77.7 Å². The number of hydrogen-bond donors (Lipinski definition) is 1. The standard InChI is InChI=1S/C17H15FN2/c1-19-17(12-5-2-6-13(18)11-12)15-7-3-9-16-14(15)8-4-10-20-16/h2-11,17,19H,1H3. The molecule has 3 aromatic rings. The van der Waals surface area contributed by atoms with Crippen LogP contribution < -0.4 is 5.32 Å². The summed E-state index contributed by atoms with van der Waals surface area (Å²) >= 11 is 0. The van der Waals surface area contributed by atoms with Gasteiger partial charge >= 0.3 is 0 Å². The lowest BCUT2D eigenvalue weighted by atomic mass is 9.95. The first kappa shape index (κ1) is 12.8. The van der Waals surface area contributed by atoms with E-state index in [9.17, 15) is 4.39 Å². The zero-order chi connectivity index (χ0) is 13.9. The van der Waals surface area contributed by atoms with Gasteiger partial charge in [-0.25, -0.2) is 4.39 Å². The van der Waals surface area contributed by atoms with Crippen molar-refractivity contribution in [2.45, 2.75) is 6.04 Å². The first-order valence-corrected chi connectivity index (χ1v) is 6.56. The Morgan fingerprint density at radius 1 is 1.05 bits per heavy atom. The highest BCUT2D eigenvalue weighted by Crippen LogP contribution is 2.28. The average molecular weight is 266 g/mol. The Hall–Kier alpha value is -2.26. The van der Waals surface area contributed by atoms with Crippen LogP contribution in [0.15, 0.2) is 60.8 Å².